The second-order valence-electron chi connectivity index (χ2n) is 5.02. The summed E-state index contributed by atoms with van der Waals surface area (Å²) in [5.74, 6) is -0.920. The van der Waals surface area contributed by atoms with Gasteiger partial charge in [0.2, 0.25) is 0 Å². The number of hydrogen-bond acceptors (Lipinski definition) is 3. The molecule has 0 saturated carbocycles. The van der Waals surface area contributed by atoms with Crippen molar-refractivity contribution < 1.29 is 14.7 Å². The van der Waals surface area contributed by atoms with Crippen molar-refractivity contribution in [1.82, 2.24) is 10.2 Å². The summed E-state index contributed by atoms with van der Waals surface area (Å²) in [5.41, 5.74) is 0.698. The highest BCUT2D eigenvalue weighted by atomic mass is 16.4. The summed E-state index contributed by atoms with van der Waals surface area (Å²) in [4.78, 5) is 26.4. The van der Waals surface area contributed by atoms with Crippen molar-refractivity contribution in [2.45, 2.75) is 12.8 Å². The van der Waals surface area contributed by atoms with Crippen molar-refractivity contribution in [3.8, 4) is 0 Å². The number of carboxylic acids is 1. The minimum atomic E-state index is -0.920. The van der Waals surface area contributed by atoms with Gasteiger partial charge >= 0.3 is 12.0 Å². The number of nitrogens with zero attached hydrogens (tertiary/aromatic N) is 2. The molecule has 0 aliphatic rings. The van der Waals surface area contributed by atoms with Crippen molar-refractivity contribution in [2.24, 2.45) is 0 Å². The molecular weight excluding hydrogens is 270 g/mol. The number of aliphatic carboxylic acids is 1. The Balaban J connectivity index is 2.59. The number of para-hydroxylation sites is 1. The lowest BCUT2D eigenvalue weighted by molar-refractivity contribution is -0.136. The van der Waals surface area contributed by atoms with Gasteiger partial charge in [-0.15, -0.1) is 0 Å². The molecular formula is C15H23N3O3. The number of carbonyl (C=O) groups is 2. The van der Waals surface area contributed by atoms with Crippen LogP contribution in [0.2, 0.25) is 0 Å². The van der Waals surface area contributed by atoms with Gasteiger partial charge < -0.3 is 15.3 Å². The first kappa shape index (κ1) is 17.0. The topological polar surface area (TPSA) is 72.9 Å². The maximum atomic E-state index is 12.2. The van der Waals surface area contributed by atoms with Crippen molar-refractivity contribution >= 4 is 17.7 Å². The molecule has 0 spiro atoms. The van der Waals surface area contributed by atoms with Gasteiger partial charge in [0.15, 0.2) is 0 Å². The first-order chi connectivity index (χ1) is 10.0. The van der Waals surface area contributed by atoms with Crippen LogP contribution < -0.4 is 10.2 Å². The maximum absolute atomic E-state index is 12.2. The van der Waals surface area contributed by atoms with E-state index in [0.717, 1.165) is 13.0 Å². The number of urea groups is 1. The van der Waals surface area contributed by atoms with E-state index in [1.165, 1.54) is 4.90 Å². The van der Waals surface area contributed by atoms with Gasteiger partial charge in [0.1, 0.15) is 0 Å². The fraction of sp³-hybridized carbons (Fsp3) is 0.467. The fourth-order valence-corrected chi connectivity index (χ4v) is 1.85. The van der Waals surface area contributed by atoms with Gasteiger partial charge in [-0.1, -0.05) is 18.2 Å². The first-order valence-corrected chi connectivity index (χ1v) is 6.97. The Morgan fingerprint density at radius 3 is 2.38 bits per heavy atom. The lowest BCUT2D eigenvalue weighted by atomic mass is 10.2. The van der Waals surface area contributed by atoms with E-state index in [1.807, 2.05) is 37.2 Å². The van der Waals surface area contributed by atoms with Crippen LogP contribution in [-0.2, 0) is 4.79 Å². The third-order valence-corrected chi connectivity index (χ3v) is 2.92. The SMILES string of the molecule is CN(C)CCCNC(=O)N(CCC(=O)O)c1ccccc1. The fourth-order valence-electron chi connectivity index (χ4n) is 1.85. The molecule has 0 bridgehead atoms. The van der Waals surface area contributed by atoms with E-state index in [2.05, 4.69) is 5.32 Å². The van der Waals surface area contributed by atoms with Crippen molar-refractivity contribution in [3.63, 3.8) is 0 Å². The summed E-state index contributed by atoms with van der Waals surface area (Å²) in [6.45, 7) is 1.60. The van der Waals surface area contributed by atoms with Crippen molar-refractivity contribution in [2.75, 3.05) is 38.6 Å². The molecule has 2 amide bonds. The second-order valence-corrected chi connectivity index (χ2v) is 5.02. The molecule has 6 heteroatoms. The molecule has 0 unspecified atom stereocenters. The van der Waals surface area contributed by atoms with E-state index in [0.29, 0.717) is 12.2 Å². The van der Waals surface area contributed by atoms with Crippen molar-refractivity contribution in [3.05, 3.63) is 30.3 Å². The van der Waals surface area contributed by atoms with Gasteiger partial charge in [-0.3, -0.25) is 9.69 Å². The van der Waals surface area contributed by atoms with Crippen LogP contribution in [0.25, 0.3) is 0 Å². The molecule has 1 aromatic carbocycles. The molecule has 0 aliphatic heterocycles. The highest BCUT2D eigenvalue weighted by Crippen LogP contribution is 2.13. The van der Waals surface area contributed by atoms with Gasteiger partial charge in [0.25, 0.3) is 0 Å². The summed E-state index contributed by atoms with van der Waals surface area (Å²) in [6, 6.07) is 8.82. The number of carbonyl (C=O) groups excluding carboxylic acids is 1. The van der Waals surface area contributed by atoms with E-state index in [4.69, 9.17) is 5.11 Å². The molecule has 1 rings (SSSR count). The van der Waals surface area contributed by atoms with Crippen LogP contribution in [0.1, 0.15) is 12.8 Å². The number of amides is 2. The highest BCUT2D eigenvalue weighted by Gasteiger charge is 2.16. The maximum Gasteiger partial charge on any atom is 0.321 e. The molecule has 1 aromatic rings. The van der Waals surface area contributed by atoms with Crippen LogP contribution in [0.5, 0.6) is 0 Å². The molecule has 0 aromatic heterocycles. The lowest BCUT2D eigenvalue weighted by Crippen LogP contribution is -2.42. The molecule has 6 nitrogen and oxygen atoms in total. The number of hydrogen-bond donors (Lipinski definition) is 2. The quantitative estimate of drug-likeness (QED) is 0.715. The van der Waals surface area contributed by atoms with E-state index in [1.54, 1.807) is 12.1 Å². The van der Waals surface area contributed by atoms with Crippen LogP contribution in [0.15, 0.2) is 30.3 Å². The third kappa shape index (κ3) is 6.76. The Morgan fingerprint density at radius 2 is 1.81 bits per heavy atom. The molecule has 2 N–H and O–H groups in total. The smallest absolute Gasteiger partial charge is 0.321 e. The van der Waals surface area contributed by atoms with Gasteiger partial charge in [0, 0.05) is 18.8 Å². The van der Waals surface area contributed by atoms with Crippen LogP contribution in [0, 0.1) is 0 Å². The van der Waals surface area contributed by atoms with E-state index in [-0.39, 0.29) is 19.0 Å². The van der Waals surface area contributed by atoms with E-state index >= 15 is 0 Å². The standard InChI is InChI=1S/C15H23N3O3/c1-17(2)11-6-10-16-15(21)18(12-9-14(19)20)13-7-4-3-5-8-13/h3-5,7-8H,6,9-12H2,1-2H3,(H,16,21)(H,19,20). The Bertz CT molecular complexity index is 449. The summed E-state index contributed by atoms with van der Waals surface area (Å²) in [7, 11) is 3.95. The Kier molecular flexibility index (Phi) is 7.25. The van der Waals surface area contributed by atoms with Gasteiger partial charge in [-0.25, -0.2) is 4.79 Å². The molecule has 0 aliphatic carbocycles. The third-order valence-electron chi connectivity index (χ3n) is 2.92. The summed E-state index contributed by atoms with van der Waals surface area (Å²) in [6.07, 6.45) is 0.764. The molecule has 0 fully saturated rings. The van der Waals surface area contributed by atoms with Crippen LogP contribution in [-0.4, -0.2) is 55.7 Å². The Labute approximate surface area is 125 Å². The normalized spacial score (nSPS) is 10.4. The molecule has 0 heterocycles. The molecule has 0 radical (unpaired) electrons. The Morgan fingerprint density at radius 1 is 1.14 bits per heavy atom. The number of anilines is 1. The predicted molar refractivity (Wildman–Crippen MR) is 82.6 cm³/mol. The molecule has 21 heavy (non-hydrogen) atoms. The van der Waals surface area contributed by atoms with Crippen LogP contribution >= 0.6 is 0 Å². The number of rotatable bonds is 8. The second kappa shape index (κ2) is 8.97. The van der Waals surface area contributed by atoms with Crippen LogP contribution in [0.3, 0.4) is 0 Å². The Hall–Kier alpha value is -2.08. The van der Waals surface area contributed by atoms with Gasteiger partial charge in [0.05, 0.1) is 6.42 Å². The van der Waals surface area contributed by atoms with Gasteiger partial charge in [-0.2, -0.15) is 0 Å². The molecule has 116 valence electrons. The number of nitrogens with one attached hydrogen (secondary N) is 1. The lowest BCUT2D eigenvalue weighted by Gasteiger charge is -2.22. The minimum absolute atomic E-state index is 0.0833. The monoisotopic (exact) mass is 293 g/mol. The summed E-state index contributed by atoms with van der Waals surface area (Å²) >= 11 is 0. The molecule has 0 atom stereocenters. The summed E-state index contributed by atoms with van der Waals surface area (Å²) < 4.78 is 0. The molecule has 0 saturated heterocycles. The highest BCUT2D eigenvalue weighted by molar-refractivity contribution is 5.92. The largest absolute Gasteiger partial charge is 0.481 e. The minimum Gasteiger partial charge on any atom is -0.481 e. The predicted octanol–water partition coefficient (Wildman–Crippen LogP) is 1.63. The average Bonchev–Trinajstić information content (AvgIpc) is 2.44. The zero-order chi connectivity index (χ0) is 15.7. The zero-order valence-electron chi connectivity index (χ0n) is 12.6. The van der Waals surface area contributed by atoms with Crippen LogP contribution in [0.4, 0.5) is 10.5 Å². The van der Waals surface area contributed by atoms with Crippen molar-refractivity contribution in [1.29, 1.82) is 0 Å². The van der Waals surface area contributed by atoms with E-state index < -0.39 is 5.97 Å². The zero-order valence-corrected chi connectivity index (χ0v) is 12.6. The van der Waals surface area contributed by atoms with Gasteiger partial charge in [-0.05, 0) is 39.2 Å². The number of benzene rings is 1. The average molecular weight is 293 g/mol. The number of carboxylic acid groups (broad SMARTS) is 1. The van der Waals surface area contributed by atoms with E-state index in [9.17, 15) is 9.59 Å². The summed E-state index contributed by atoms with van der Waals surface area (Å²) in [5, 5.41) is 11.6. The first-order valence-electron chi connectivity index (χ1n) is 6.97.